The third kappa shape index (κ3) is 3.99. The van der Waals surface area contributed by atoms with Gasteiger partial charge in [-0.25, -0.2) is 4.90 Å². The van der Waals surface area contributed by atoms with Crippen molar-refractivity contribution < 1.29 is 28.8 Å². The molecule has 2 fully saturated rings. The van der Waals surface area contributed by atoms with Crippen molar-refractivity contribution in [3.63, 3.8) is 0 Å². The van der Waals surface area contributed by atoms with Gasteiger partial charge in [0, 0.05) is 30.4 Å². The lowest BCUT2D eigenvalue weighted by Crippen LogP contribution is -2.50. The van der Waals surface area contributed by atoms with Crippen LogP contribution >= 0.6 is 0 Å². The maximum atomic E-state index is 13.9. The van der Waals surface area contributed by atoms with Crippen molar-refractivity contribution in [3.8, 4) is 5.75 Å². The number of carbonyl (C=O) groups is 4. The fourth-order valence-electron chi connectivity index (χ4n) is 5.78. The lowest BCUT2D eigenvalue weighted by atomic mass is 9.88. The Morgan fingerprint density at radius 3 is 2.27 bits per heavy atom. The minimum absolute atomic E-state index is 0.124. The van der Waals surface area contributed by atoms with Gasteiger partial charge in [-0.2, -0.15) is 0 Å². The summed E-state index contributed by atoms with van der Waals surface area (Å²) in [5.41, 5.74) is 2.09. The van der Waals surface area contributed by atoms with Gasteiger partial charge < -0.3 is 15.0 Å². The molecule has 3 aromatic rings. The van der Waals surface area contributed by atoms with E-state index in [4.69, 9.17) is 4.74 Å². The number of nitrogens with zero attached hydrogens (tertiary/aromatic N) is 3. The van der Waals surface area contributed by atoms with Crippen LogP contribution in [-0.2, 0) is 19.2 Å². The molecule has 3 aromatic carbocycles. The van der Waals surface area contributed by atoms with Crippen molar-refractivity contribution in [2.45, 2.75) is 19.0 Å². The second-order valence-corrected chi connectivity index (χ2v) is 9.70. The number of para-hydroxylation sites is 1. The summed E-state index contributed by atoms with van der Waals surface area (Å²) in [4.78, 5) is 66.3. The Morgan fingerprint density at radius 2 is 1.60 bits per heavy atom. The molecule has 2 saturated heterocycles. The Hall–Kier alpha value is -5.32. The fraction of sp³-hybridized carbons (Fsp3) is 0.172. The molecule has 0 aromatic heterocycles. The van der Waals surface area contributed by atoms with Crippen molar-refractivity contribution in [3.05, 3.63) is 94.6 Å². The second kappa shape index (κ2) is 9.45. The topological polar surface area (TPSA) is 139 Å². The number of hydrogen-bond donors (Lipinski definition) is 1. The highest BCUT2D eigenvalue weighted by Gasteiger charge is 2.64. The number of non-ortho nitro benzene ring substituents is 1. The molecule has 0 spiro atoms. The van der Waals surface area contributed by atoms with Crippen molar-refractivity contribution in [2.24, 2.45) is 11.8 Å². The standard InChI is InChI=1S/C29H22N4O7/c1-16(34)40-21-13-11-19(12-14-21)31-28(36)24-23-15-6-17-4-2-3-5-22(17)32(23)26(25(24)29(31)37)27(35)30-18-7-9-20(10-8-18)33(38)39/h2-15,23-26H,1H3,(H,30,35). The Labute approximate surface area is 227 Å². The molecule has 200 valence electrons. The Balaban J connectivity index is 1.37. The number of hydrogen-bond acceptors (Lipinski definition) is 8. The van der Waals surface area contributed by atoms with E-state index in [0.29, 0.717) is 11.4 Å². The maximum absolute atomic E-state index is 13.9. The van der Waals surface area contributed by atoms with Gasteiger partial charge in [0.2, 0.25) is 17.7 Å². The second-order valence-electron chi connectivity index (χ2n) is 9.70. The van der Waals surface area contributed by atoms with Crippen molar-refractivity contribution in [1.29, 1.82) is 0 Å². The molecule has 11 nitrogen and oxygen atoms in total. The number of imide groups is 1. The van der Waals surface area contributed by atoms with E-state index in [1.54, 1.807) is 0 Å². The van der Waals surface area contributed by atoms with Gasteiger partial charge in [-0.1, -0.05) is 30.4 Å². The molecule has 0 saturated carbocycles. The highest BCUT2D eigenvalue weighted by Crippen LogP contribution is 2.49. The van der Waals surface area contributed by atoms with Gasteiger partial charge in [0.1, 0.15) is 11.8 Å². The first-order chi connectivity index (χ1) is 19.2. The van der Waals surface area contributed by atoms with E-state index in [2.05, 4.69) is 5.32 Å². The number of nitro benzene ring substituents is 1. The van der Waals surface area contributed by atoms with Crippen molar-refractivity contribution in [2.75, 3.05) is 15.1 Å². The molecule has 3 heterocycles. The third-order valence-electron chi connectivity index (χ3n) is 7.39. The Bertz CT molecular complexity index is 1600. The number of esters is 1. The number of nitrogens with one attached hydrogen (secondary N) is 1. The van der Waals surface area contributed by atoms with Crippen LogP contribution in [0.4, 0.5) is 22.7 Å². The smallest absolute Gasteiger partial charge is 0.308 e. The van der Waals surface area contributed by atoms with E-state index in [9.17, 15) is 29.3 Å². The normalized spacial score (nSPS) is 22.4. The zero-order chi connectivity index (χ0) is 28.1. The van der Waals surface area contributed by atoms with Crippen LogP contribution < -0.4 is 19.9 Å². The molecule has 3 aliphatic heterocycles. The summed E-state index contributed by atoms with van der Waals surface area (Å²) in [5.74, 6) is -3.49. The number of amides is 3. The summed E-state index contributed by atoms with van der Waals surface area (Å²) in [7, 11) is 0. The summed E-state index contributed by atoms with van der Waals surface area (Å²) in [5, 5.41) is 13.8. The lowest BCUT2D eigenvalue weighted by molar-refractivity contribution is -0.384. The summed E-state index contributed by atoms with van der Waals surface area (Å²) in [6.07, 6.45) is 3.73. The number of benzene rings is 3. The summed E-state index contributed by atoms with van der Waals surface area (Å²) >= 11 is 0. The first-order valence-corrected chi connectivity index (χ1v) is 12.5. The molecule has 0 aliphatic carbocycles. The number of ether oxygens (including phenoxy) is 1. The predicted molar refractivity (Wildman–Crippen MR) is 144 cm³/mol. The molecule has 0 radical (unpaired) electrons. The Kier molecular flexibility index (Phi) is 5.91. The quantitative estimate of drug-likeness (QED) is 0.171. The van der Waals surface area contributed by atoms with Gasteiger partial charge in [-0.05, 0) is 48.0 Å². The van der Waals surface area contributed by atoms with Gasteiger partial charge >= 0.3 is 5.97 Å². The molecule has 0 bridgehead atoms. The van der Waals surface area contributed by atoms with Crippen LogP contribution in [-0.4, -0.2) is 40.7 Å². The van der Waals surface area contributed by atoms with Crippen molar-refractivity contribution >= 4 is 52.5 Å². The summed E-state index contributed by atoms with van der Waals surface area (Å²) in [6, 6.07) is 17.3. The van der Waals surface area contributed by atoms with Gasteiger partial charge in [0.15, 0.2) is 0 Å². The largest absolute Gasteiger partial charge is 0.427 e. The molecule has 1 N–H and O–H groups in total. The van der Waals surface area contributed by atoms with E-state index >= 15 is 0 Å². The maximum Gasteiger partial charge on any atom is 0.308 e. The van der Waals surface area contributed by atoms with E-state index in [0.717, 1.165) is 16.2 Å². The molecule has 3 amide bonds. The van der Waals surface area contributed by atoms with E-state index in [1.165, 1.54) is 55.5 Å². The third-order valence-corrected chi connectivity index (χ3v) is 7.39. The van der Waals surface area contributed by atoms with Gasteiger partial charge in [-0.3, -0.25) is 29.3 Å². The average Bonchev–Trinajstić information content (AvgIpc) is 3.42. The minimum Gasteiger partial charge on any atom is -0.427 e. The molecule has 40 heavy (non-hydrogen) atoms. The van der Waals surface area contributed by atoms with Gasteiger partial charge in [0.05, 0.1) is 28.5 Å². The number of anilines is 3. The van der Waals surface area contributed by atoms with Crippen LogP contribution in [0.15, 0.2) is 78.9 Å². The minimum atomic E-state index is -1.03. The van der Waals surface area contributed by atoms with Gasteiger partial charge in [0.25, 0.3) is 5.69 Å². The van der Waals surface area contributed by atoms with Crippen LogP contribution in [0.25, 0.3) is 6.08 Å². The van der Waals surface area contributed by atoms with Crippen molar-refractivity contribution in [1.82, 2.24) is 0 Å². The number of nitro groups is 1. The molecule has 6 rings (SSSR count). The summed E-state index contributed by atoms with van der Waals surface area (Å²) in [6.45, 7) is 1.27. The van der Waals surface area contributed by atoms with Gasteiger partial charge in [-0.15, -0.1) is 0 Å². The molecule has 4 atom stereocenters. The van der Waals surface area contributed by atoms with Crippen LogP contribution in [0.1, 0.15) is 12.5 Å². The van der Waals surface area contributed by atoms with E-state index in [-0.39, 0.29) is 11.4 Å². The number of rotatable bonds is 5. The van der Waals surface area contributed by atoms with E-state index in [1.807, 2.05) is 41.3 Å². The first kappa shape index (κ1) is 25.0. The highest BCUT2D eigenvalue weighted by molar-refractivity contribution is 6.25. The van der Waals surface area contributed by atoms with Crippen LogP contribution in [0.5, 0.6) is 5.75 Å². The van der Waals surface area contributed by atoms with Crippen LogP contribution in [0.2, 0.25) is 0 Å². The SMILES string of the molecule is CC(=O)Oc1ccc(N2C(=O)C3C(C2=O)C(C(=O)Nc2ccc([N+](=O)[O-])cc2)N2c4ccccc4C=CC32)cc1. The fourth-order valence-corrected chi connectivity index (χ4v) is 5.78. The van der Waals surface area contributed by atoms with Crippen LogP contribution in [0, 0.1) is 22.0 Å². The molecule has 4 unspecified atom stereocenters. The first-order valence-electron chi connectivity index (χ1n) is 12.5. The lowest BCUT2D eigenvalue weighted by Gasteiger charge is -2.36. The highest BCUT2D eigenvalue weighted by atomic mass is 16.6. The monoisotopic (exact) mass is 538 g/mol. The molecule has 3 aliphatic rings. The summed E-state index contributed by atoms with van der Waals surface area (Å²) < 4.78 is 5.06. The van der Waals surface area contributed by atoms with Crippen LogP contribution in [0.3, 0.4) is 0 Å². The molecular formula is C29H22N4O7. The zero-order valence-corrected chi connectivity index (χ0v) is 21.1. The average molecular weight is 539 g/mol. The Morgan fingerprint density at radius 1 is 0.925 bits per heavy atom. The molecule has 11 heteroatoms. The predicted octanol–water partition coefficient (Wildman–Crippen LogP) is 3.55. The number of carbonyl (C=O) groups excluding carboxylic acids is 4. The molecular weight excluding hydrogens is 516 g/mol. The number of fused-ring (bicyclic) bond motifs is 5. The van der Waals surface area contributed by atoms with E-state index < -0.39 is 52.5 Å². The zero-order valence-electron chi connectivity index (χ0n) is 21.1.